The minimum atomic E-state index is -3.27. The zero-order valence-electron chi connectivity index (χ0n) is 10.3. The molecule has 1 aromatic carbocycles. The van der Waals surface area contributed by atoms with Gasteiger partial charge in [-0.2, -0.15) is 0 Å². The lowest BCUT2D eigenvalue weighted by atomic mass is 10.0. The van der Waals surface area contributed by atoms with E-state index in [1.165, 1.54) is 6.07 Å². The van der Waals surface area contributed by atoms with Crippen molar-refractivity contribution in [1.82, 2.24) is 0 Å². The van der Waals surface area contributed by atoms with E-state index in [0.29, 0.717) is 18.7 Å². The minimum Gasteiger partial charge on any atom is -0.465 e. The molecule has 1 aliphatic rings. The van der Waals surface area contributed by atoms with E-state index >= 15 is 0 Å². The zero-order chi connectivity index (χ0) is 13.3. The number of rotatable bonds is 3. The molecule has 1 N–H and O–H groups in total. The molecule has 0 spiro atoms. The summed E-state index contributed by atoms with van der Waals surface area (Å²) < 4.78 is 28.0. The third-order valence-electron chi connectivity index (χ3n) is 2.89. The van der Waals surface area contributed by atoms with Gasteiger partial charge >= 0.3 is 5.97 Å². The van der Waals surface area contributed by atoms with Crippen LogP contribution in [0, 0.1) is 0 Å². The van der Waals surface area contributed by atoms with Crippen LogP contribution >= 0.6 is 0 Å². The van der Waals surface area contributed by atoms with Crippen molar-refractivity contribution < 1.29 is 17.9 Å². The van der Waals surface area contributed by atoms with Crippen LogP contribution in [0.15, 0.2) is 23.1 Å². The Labute approximate surface area is 106 Å². The first kappa shape index (κ1) is 12.9. The Hall–Kier alpha value is -1.56. The van der Waals surface area contributed by atoms with Crippen molar-refractivity contribution in [3.63, 3.8) is 0 Å². The average molecular weight is 269 g/mol. The van der Waals surface area contributed by atoms with Crippen molar-refractivity contribution in [2.75, 3.05) is 24.7 Å². The van der Waals surface area contributed by atoms with Crippen molar-refractivity contribution in [2.24, 2.45) is 0 Å². The van der Waals surface area contributed by atoms with Crippen molar-refractivity contribution in [2.45, 2.75) is 17.7 Å². The molecule has 0 saturated carbocycles. The Balaban J connectivity index is 2.39. The largest absolute Gasteiger partial charge is 0.465 e. The van der Waals surface area contributed by atoms with E-state index in [9.17, 15) is 13.2 Å². The number of carbonyl (C=O) groups excluding carboxylic acids is 1. The molecule has 1 atom stereocenters. The highest BCUT2D eigenvalue weighted by Crippen LogP contribution is 2.34. The molecule has 6 heteroatoms. The SMILES string of the molecule is CCOC(=O)C1CNc2ccc(S(C)(=O)=O)cc21. The second-order valence-electron chi connectivity index (χ2n) is 4.21. The monoisotopic (exact) mass is 269 g/mol. The van der Waals surface area contributed by atoms with Crippen LogP contribution in [-0.2, 0) is 19.4 Å². The minimum absolute atomic E-state index is 0.222. The summed E-state index contributed by atoms with van der Waals surface area (Å²) in [5.41, 5.74) is 1.48. The van der Waals surface area contributed by atoms with Gasteiger partial charge in [-0.1, -0.05) is 0 Å². The lowest BCUT2D eigenvalue weighted by Crippen LogP contribution is -2.17. The highest BCUT2D eigenvalue weighted by Gasteiger charge is 2.30. The smallest absolute Gasteiger partial charge is 0.315 e. The molecule has 5 nitrogen and oxygen atoms in total. The quantitative estimate of drug-likeness (QED) is 0.834. The summed E-state index contributed by atoms with van der Waals surface area (Å²) in [6.07, 6.45) is 1.15. The molecule has 0 saturated heterocycles. The summed E-state index contributed by atoms with van der Waals surface area (Å²) in [7, 11) is -3.27. The molecule has 0 bridgehead atoms. The molecule has 18 heavy (non-hydrogen) atoms. The van der Waals surface area contributed by atoms with Gasteiger partial charge in [-0.25, -0.2) is 8.42 Å². The molecule has 1 heterocycles. The Morgan fingerprint density at radius 3 is 2.83 bits per heavy atom. The topological polar surface area (TPSA) is 72.5 Å². The molecule has 0 aliphatic carbocycles. The highest BCUT2D eigenvalue weighted by atomic mass is 32.2. The Kier molecular flexibility index (Phi) is 3.30. The number of carbonyl (C=O) groups is 1. The fourth-order valence-corrected chi connectivity index (χ4v) is 2.65. The number of hydrogen-bond donors (Lipinski definition) is 1. The number of ether oxygens (including phenoxy) is 1. The standard InChI is InChI=1S/C12H15NO4S/c1-3-17-12(14)10-7-13-11-5-4-8(6-9(10)11)18(2,15)16/h4-6,10,13H,3,7H2,1-2H3. The summed E-state index contributed by atoms with van der Waals surface area (Å²) in [6, 6.07) is 4.77. The third kappa shape index (κ3) is 2.33. The summed E-state index contributed by atoms with van der Waals surface area (Å²) in [5, 5.41) is 3.07. The van der Waals surface area contributed by atoms with Gasteiger partial charge in [0, 0.05) is 18.5 Å². The van der Waals surface area contributed by atoms with Gasteiger partial charge in [0.25, 0.3) is 0 Å². The van der Waals surface area contributed by atoms with Crippen molar-refractivity contribution >= 4 is 21.5 Å². The maximum Gasteiger partial charge on any atom is 0.315 e. The number of hydrogen-bond acceptors (Lipinski definition) is 5. The first-order valence-electron chi connectivity index (χ1n) is 5.68. The van der Waals surface area contributed by atoms with Crippen LogP contribution in [0.4, 0.5) is 5.69 Å². The van der Waals surface area contributed by atoms with Gasteiger partial charge in [0.05, 0.1) is 11.5 Å². The van der Waals surface area contributed by atoms with Crippen LogP contribution < -0.4 is 5.32 Å². The van der Waals surface area contributed by atoms with Crippen molar-refractivity contribution in [3.8, 4) is 0 Å². The number of anilines is 1. The molecule has 1 unspecified atom stereocenters. The predicted molar refractivity (Wildman–Crippen MR) is 67.4 cm³/mol. The number of esters is 1. The average Bonchev–Trinajstić information content (AvgIpc) is 2.70. The van der Waals surface area contributed by atoms with Crippen LogP contribution in [0.25, 0.3) is 0 Å². The summed E-state index contributed by atoms with van der Waals surface area (Å²) in [5.74, 6) is -0.754. The van der Waals surface area contributed by atoms with Gasteiger partial charge in [0.1, 0.15) is 5.92 Å². The van der Waals surface area contributed by atoms with Gasteiger partial charge in [0.2, 0.25) is 0 Å². The van der Waals surface area contributed by atoms with Gasteiger partial charge < -0.3 is 10.1 Å². The zero-order valence-corrected chi connectivity index (χ0v) is 11.1. The van der Waals surface area contributed by atoms with E-state index in [1.54, 1.807) is 19.1 Å². The second-order valence-corrected chi connectivity index (χ2v) is 6.22. The lowest BCUT2D eigenvalue weighted by Gasteiger charge is -2.09. The first-order valence-corrected chi connectivity index (χ1v) is 7.57. The van der Waals surface area contributed by atoms with Crippen LogP contribution in [-0.4, -0.2) is 33.8 Å². The summed E-state index contributed by atoms with van der Waals surface area (Å²) in [6.45, 7) is 2.51. The summed E-state index contributed by atoms with van der Waals surface area (Å²) in [4.78, 5) is 12.0. The van der Waals surface area contributed by atoms with Crippen LogP contribution in [0.1, 0.15) is 18.4 Å². The molecule has 0 amide bonds. The molecule has 0 fully saturated rings. The van der Waals surface area contributed by atoms with Crippen molar-refractivity contribution in [3.05, 3.63) is 23.8 Å². The van der Waals surface area contributed by atoms with Gasteiger partial charge in [-0.15, -0.1) is 0 Å². The molecule has 98 valence electrons. The van der Waals surface area contributed by atoms with Gasteiger partial charge in [-0.3, -0.25) is 4.79 Å². The molecule has 1 aliphatic heterocycles. The maximum atomic E-state index is 11.8. The number of sulfone groups is 1. The van der Waals surface area contributed by atoms with Crippen LogP contribution in [0.3, 0.4) is 0 Å². The van der Waals surface area contributed by atoms with E-state index in [1.807, 2.05) is 0 Å². The van der Waals surface area contributed by atoms with E-state index in [2.05, 4.69) is 5.32 Å². The highest BCUT2D eigenvalue weighted by molar-refractivity contribution is 7.90. The van der Waals surface area contributed by atoms with E-state index in [4.69, 9.17) is 4.74 Å². The molecule has 0 aromatic heterocycles. The fraction of sp³-hybridized carbons (Fsp3) is 0.417. The molecule has 1 aromatic rings. The Morgan fingerprint density at radius 1 is 1.50 bits per heavy atom. The molecular weight excluding hydrogens is 254 g/mol. The Bertz CT molecular complexity index is 580. The summed E-state index contributed by atoms with van der Waals surface area (Å²) >= 11 is 0. The Morgan fingerprint density at radius 2 is 2.22 bits per heavy atom. The molecular formula is C12H15NO4S. The number of nitrogens with one attached hydrogen (secondary N) is 1. The number of fused-ring (bicyclic) bond motifs is 1. The lowest BCUT2D eigenvalue weighted by molar-refractivity contribution is -0.144. The van der Waals surface area contributed by atoms with Crippen molar-refractivity contribution in [1.29, 1.82) is 0 Å². The van der Waals surface area contributed by atoms with Gasteiger partial charge in [0.15, 0.2) is 9.84 Å². The fourth-order valence-electron chi connectivity index (χ4n) is 2.00. The first-order chi connectivity index (χ1) is 8.43. The van der Waals surface area contributed by atoms with Crippen LogP contribution in [0.2, 0.25) is 0 Å². The number of benzene rings is 1. The van der Waals surface area contributed by atoms with E-state index in [0.717, 1.165) is 11.9 Å². The van der Waals surface area contributed by atoms with E-state index in [-0.39, 0.29) is 10.9 Å². The van der Waals surface area contributed by atoms with E-state index < -0.39 is 15.8 Å². The molecule has 2 rings (SSSR count). The maximum absolute atomic E-state index is 11.8. The normalized spacial score (nSPS) is 18.0. The van der Waals surface area contributed by atoms with Crippen LogP contribution in [0.5, 0.6) is 0 Å². The molecule has 0 radical (unpaired) electrons. The third-order valence-corrected chi connectivity index (χ3v) is 4.00. The predicted octanol–water partition coefficient (Wildman–Crippen LogP) is 1.16. The van der Waals surface area contributed by atoms with Gasteiger partial charge in [-0.05, 0) is 30.7 Å². The second kappa shape index (κ2) is 4.61.